The van der Waals surface area contributed by atoms with Gasteiger partial charge < -0.3 is 15.8 Å². The van der Waals surface area contributed by atoms with Crippen molar-refractivity contribution in [2.45, 2.75) is 52.3 Å². The summed E-state index contributed by atoms with van der Waals surface area (Å²) in [7, 11) is 0. The Morgan fingerprint density at radius 3 is 2.68 bits per heavy atom. The first-order valence-corrected chi connectivity index (χ1v) is 8.93. The molecule has 0 aliphatic carbocycles. The average molecular weight is 324 g/mol. The zero-order valence-electron chi connectivity index (χ0n) is 14.2. The fraction of sp³-hybridized carbons (Fsp3) is 0.588. The smallest absolute Gasteiger partial charge is 0.237 e. The molecule has 0 spiro atoms. The fourth-order valence-corrected chi connectivity index (χ4v) is 2.41. The SMILES string of the molecule is CSCC[C@H](N)C(=O)NCc1ccc(C)cc1OC(C)(C)C. The molecule has 3 N–H and O–H groups in total. The maximum Gasteiger partial charge on any atom is 0.237 e. The summed E-state index contributed by atoms with van der Waals surface area (Å²) in [5, 5.41) is 2.90. The monoisotopic (exact) mass is 324 g/mol. The van der Waals surface area contributed by atoms with E-state index in [0.29, 0.717) is 13.0 Å². The number of benzene rings is 1. The minimum Gasteiger partial charge on any atom is -0.488 e. The highest BCUT2D eigenvalue weighted by Gasteiger charge is 2.17. The molecule has 0 saturated heterocycles. The molecule has 5 heteroatoms. The summed E-state index contributed by atoms with van der Waals surface area (Å²) < 4.78 is 5.99. The molecule has 22 heavy (non-hydrogen) atoms. The van der Waals surface area contributed by atoms with E-state index >= 15 is 0 Å². The number of aryl methyl sites for hydroxylation is 1. The molecule has 0 saturated carbocycles. The number of carbonyl (C=O) groups excluding carboxylic acids is 1. The molecule has 0 aliphatic rings. The van der Waals surface area contributed by atoms with E-state index in [0.717, 1.165) is 22.6 Å². The standard InChI is InChI=1S/C17H28N2O2S/c1-12-6-7-13(15(10-12)21-17(2,3)4)11-19-16(20)14(18)8-9-22-5/h6-7,10,14H,8-9,11,18H2,1-5H3,(H,19,20)/t14-/m0/s1. The lowest BCUT2D eigenvalue weighted by Gasteiger charge is -2.24. The summed E-state index contributed by atoms with van der Waals surface area (Å²) >= 11 is 1.69. The molecule has 4 nitrogen and oxygen atoms in total. The third-order valence-electron chi connectivity index (χ3n) is 3.06. The van der Waals surface area contributed by atoms with Crippen LogP contribution < -0.4 is 15.8 Å². The van der Waals surface area contributed by atoms with E-state index in [1.54, 1.807) is 11.8 Å². The molecule has 0 heterocycles. The Hall–Kier alpha value is -1.20. The summed E-state index contributed by atoms with van der Waals surface area (Å²) in [6.07, 6.45) is 2.69. The van der Waals surface area contributed by atoms with Crippen LogP contribution in [0, 0.1) is 6.92 Å². The van der Waals surface area contributed by atoms with Gasteiger partial charge in [-0.2, -0.15) is 11.8 Å². The topological polar surface area (TPSA) is 64.4 Å². The van der Waals surface area contributed by atoms with Gasteiger partial charge in [0.2, 0.25) is 5.91 Å². The first-order chi connectivity index (χ1) is 10.2. The molecule has 1 aromatic rings. The van der Waals surface area contributed by atoms with E-state index in [4.69, 9.17) is 10.5 Å². The lowest BCUT2D eigenvalue weighted by molar-refractivity contribution is -0.122. The molecular weight excluding hydrogens is 296 g/mol. The van der Waals surface area contributed by atoms with Crippen molar-refractivity contribution in [1.82, 2.24) is 5.32 Å². The van der Waals surface area contributed by atoms with Gasteiger partial charge in [0.25, 0.3) is 0 Å². The Kier molecular flexibility index (Phi) is 7.23. The van der Waals surface area contributed by atoms with Gasteiger partial charge in [-0.05, 0) is 57.8 Å². The second kappa shape index (κ2) is 8.44. The fourth-order valence-electron chi connectivity index (χ4n) is 1.92. The van der Waals surface area contributed by atoms with Crippen molar-refractivity contribution in [3.05, 3.63) is 29.3 Å². The molecular formula is C17H28N2O2S. The van der Waals surface area contributed by atoms with Gasteiger partial charge in [0.05, 0.1) is 6.04 Å². The van der Waals surface area contributed by atoms with Crippen molar-refractivity contribution < 1.29 is 9.53 Å². The van der Waals surface area contributed by atoms with Crippen LogP contribution >= 0.6 is 11.8 Å². The van der Waals surface area contributed by atoms with E-state index in [9.17, 15) is 4.79 Å². The van der Waals surface area contributed by atoms with Crippen molar-refractivity contribution in [2.75, 3.05) is 12.0 Å². The first-order valence-electron chi connectivity index (χ1n) is 7.53. The maximum atomic E-state index is 12.0. The van der Waals surface area contributed by atoms with Crippen LogP contribution in [0.25, 0.3) is 0 Å². The van der Waals surface area contributed by atoms with E-state index in [1.165, 1.54) is 0 Å². The predicted octanol–water partition coefficient (Wildman–Crippen LogP) is 2.87. The molecule has 0 fully saturated rings. The number of thioether (sulfide) groups is 1. The van der Waals surface area contributed by atoms with Crippen LogP contribution in [-0.2, 0) is 11.3 Å². The number of carbonyl (C=O) groups is 1. The quantitative estimate of drug-likeness (QED) is 0.809. The summed E-state index contributed by atoms with van der Waals surface area (Å²) in [6.45, 7) is 8.48. The molecule has 1 amide bonds. The summed E-state index contributed by atoms with van der Waals surface area (Å²) in [6, 6.07) is 5.56. The van der Waals surface area contributed by atoms with Crippen LogP contribution in [0.1, 0.15) is 38.3 Å². The highest BCUT2D eigenvalue weighted by molar-refractivity contribution is 7.98. The highest BCUT2D eigenvalue weighted by atomic mass is 32.2. The van der Waals surface area contributed by atoms with E-state index in [-0.39, 0.29) is 11.5 Å². The van der Waals surface area contributed by atoms with Crippen molar-refractivity contribution in [1.29, 1.82) is 0 Å². The van der Waals surface area contributed by atoms with Crippen LogP contribution in [-0.4, -0.2) is 29.6 Å². The number of nitrogens with two attached hydrogens (primary N) is 1. The molecule has 124 valence electrons. The van der Waals surface area contributed by atoms with Gasteiger partial charge in [0, 0.05) is 12.1 Å². The third kappa shape index (κ3) is 6.71. The molecule has 1 rings (SSSR count). The number of hydrogen-bond acceptors (Lipinski definition) is 4. The Morgan fingerprint density at radius 1 is 1.41 bits per heavy atom. The van der Waals surface area contributed by atoms with Crippen LogP contribution in [0.4, 0.5) is 0 Å². The second-order valence-electron chi connectivity index (χ2n) is 6.43. The molecule has 0 unspecified atom stereocenters. The van der Waals surface area contributed by atoms with Crippen LogP contribution in [0.5, 0.6) is 5.75 Å². The van der Waals surface area contributed by atoms with Crippen LogP contribution in [0.15, 0.2) is 18.2 Å². The summed E-state index contributed by atoms with van der Waals surface area (Å²) in [5.74, 6) is 1.58. The lowest BCUT2D eigenvalue weighted by atomic mass is 10.1. The third-order valence-corrected chi connectivity index (χ3v) is 3.71. The van der Waals surface area contributed by atoms with Crippen molar-refractivity contribution in [3.63, 3.8) is 0 Å². The molecule has 0 aromatic heterocycles. The first kappa shape index (κ1) is 18.8. The van der Waals surface area contributed by atoms with Gasteiger partial charge >= 0.3 is 0 Å². The molecule has 0 radical (unpaired) electrons. The normalized spacial score (nSPS) is 12.8. The molecule has 1 atom stereocenters. The minimum absolute atomic E-state index is 0.115. The minimum atomic E-state index is -0.454. The number of rotatable bonds is 7. The number of hydrogen-bond donors (Lipinski definition) is 2. The Balaban J connectivity index is 2.71. The van der Waals surface area contributed by atoms with Crippen molar-refractivity contribution >= 4 is 17.7 Å². The van der Waals surface area contributed by atoms with E-state index in [2.05, 4.69) is 5.32 Å². The molecule has 1 aromatic carbocycles. The number of nitrogens with one attached hydrogen (secondary N) is 1. The van der Waals surface area contributed by atoms with Gasteiger partial charge in [-0.3, -0.25) is 4.79 Å². The van der Waals surface area contributed by atoms with Gasteiger partial charge in [-0.15, -0.1) is 0 Å². The maximum absolute atomic E-state index is 12.0. The van der Waals surface area contributed by atoms with Gasteiger partial charge in [-0.25, -0.2) is 0 Å². The highest BCUT2D eigenvalue weighted by Crippen LogP contribution is 2.24. The predicted molar refractivity (Wildman–Crippen MR) is 94.4 cm³/mol. The zero-order chi connectivity index (χ0) is 16.8. The Labute approximate surface area is 138 Å². The zero-order valence-corrected chi connectivity index (χ0v) is 15.0. The lowest BCUT2D eigenvalue weighted by Crippen LogP contribution is -2.40. The summed E-state index contributed by atoms with van der Waals surface area (Å²) in [5.41, 5.74) is 7.69. The number of ether oxygens (including phenoxy) is 1. The van der Waals surface area contributed by atoms with Crippen LogP contribution in [0.3, 0.4) is 0 Å². The van der Waals surface area contributed by atoms with Crippen molar-refractivity contribution in [3.8, 4) is 5.75 Å². The Bertz CT molecular complexity index is 498. The Morgan fingerprint density at radius 2 is 2.09 bits per heavy atom. The van der Waals surface area contributed by atoms with Crippen LogP contribution in [0.2, 0.25) is 0 Å². The van der Waals surface area contributed by atoms with Gasteiger partial charge in [0.1, 0.15) is 11.4 Å². The van der Waals surface area contributed by atoms with Gasteiger partial charge in [0.15, 0.2) is 0 Å². The van der Waals surface area contributed by atoms with Crippen molar-refractivity contribution in [2.24, 2.45) is 5.73 Å². The second-order valence-corrected chi connectivity index (χ2v) is 7.42. The molecule has 0 aliphatic heterocycles. The average Bonchev–Trinajstić information content (AvgIpc) is 2.41. The number of amides is 1. The molecule has 0 bridgehead atoms. The van der Waals surface area contributed by atoms with Gasteiger partial charge in [-0.1, -0.05) is 12.1 Å². The van der Waals surface area contributed by atoms with E-state index < -0.39 is 6.04 Å². The van der Waals surface area contributed by atoms with E-state index in [1.807, 2.05) is 52.1 Å². The summed E-state index contributed by atoms with van der Waals surface area (Å²) in [4.78, 5) is 12.0. The largest absolute Gasteiger partial charge is 0.488 e.